The van der Waals surface area contributed by atoms with E-state index in [9.17, 15) is 13.2 Å². The number of nitrogens with one attached hydrogen (secondary N) is 1. The predicted molar refractivity (Wildman–Crippen MR) is 75.2 cm³/mol. The van der Waals surface area contributed by atoms with Crippen LogP contribution >= 0.6 is 11.3 Å². The fourth-order valence-electron chi connectivity index (χ4n) is 1.75. The van der Waals surface area contributed by atoms with Crippen molar-refractivity contribution < 1.29 is 18.3 Å². The van der Waals surface area contributed by atoms with Crippen molar-refractivity contribution in [3.63, 3.8) is 0 Å². The highest BCUT2D eigenvalue weighted by Crippen LogP contribution is 2.22. The average Bonchev–Trinajstić information content (AvgIpc) is 2.78. The third kappa shape index (κ3) is 4.59. The van der Waals surface area contributed by atoms with E-state index in [0.717, 1.165) is 37.0 Å². The van der Waals surface area contributed by atoms with Crippen molar-refractivity contribution in [1.82, 2.24) is 4.72 Å². The molecule has 0 spiro atoms. The van der Waals surface area contributed by atoms with E-state index in [2.05, 4.69) is 11.6 Å². The zero-order valence-corrected chi connectivity index (χ0v) is 12.7. The van der Waals surface area contributed by atoms with Crippen LogP contribution in [-0.2, 0) is 10.0 Å². The van der Waals surface area contributed by atoms with Crippen molar-refractivity contribution in [3.05, 3.63) is 16.3 Å². The topological polar surface area (TPSA) is 83.5 Å². The summed E-state index contributed by atoms with van der Waals surface area (Å²) in [6.45, 7) is 3.87. The van der Waals surface area contributed by atoms with Gasteiger partial charge in [-0.1, -0.05) is 26.2 Å². The summed E-state index contributed by atoms with van der Waals surface area (Å²) in [5.41, 5.74) is 0. The third-order valence-corrected chi connectivity index (χ3v) is 5.37. The van der Waals surface area contributed by atoms with Gasteiger partial charge in [-0.2, -0.15) is 0 Å². The van der Waals surface area contributed by atoms with E-state index in [4.69, 9.17) is 5.11 Å². The highest BCUT2D eigenvalue weighted by Gasteiger charge is 2.24. The fourth-order valence-corrected chi connectivity index (χ4v) is 4.29. The van der Waals surface area contributed by atoms with Gasteiger partial charge >= 0.3 is 5.97 Å². The molecule has 19 heavy (non-hydrogen) atoms. The number of hydrogen-bond acceptors (Lipinski definition) is 4. The Balaban J connectivity index is 2.75. The van der Waals surface area contributed by atoms with Gasteiger partial charge in [0, 0.05) is 6.04 Å². The van der Waals surface area contributed by atoms with Crippen LogP contribution in [0.15, 0.2) is 16.3 Å². The van der Waals surface area contributed by atoms with Gasteiger partial charge < -0.3 is 5.11 Å². The molecular formula is C12H19NO4S2. The highest BCUT2D eigenvalue weighted by atomic mass is 32.2. The van der Waals surface area contributed by atoms with Crippen LogP contribution in [0.1, 0.15) is 49.2 Å². The molecule has 1 unspecified atom stereocenters. The number of aromatic carboxylic acids is 1. The second kappa shape index (κ2) is 7.02. The Labute approximate surface area is 117 Å². The van der Waals surface area contributed by atoms with Crippen LogP contribution in [0, 0.1) is 0 Å². The molecular weight excluding hydrogens is 286 g/mol. The Bertz CT molecular complexity index is 522. The quantitative estimate of drug-likeness (QED) is 0.723. The van der Waals surface area contributed by atoms with Crippen LogP contribution in [0.5, 0.6) is 0 Å². The van der Waals surface area contributed by atoms with Crippen molar-refractivity contribution in [2.75, 3.05) is 0 Å². The molecule has 0 bridgehead atoms. The van der Waals surface area contributed by atoms with Crippen molar-refractivity contribution in [1.29, 1.82) is 0 Å². The van der Waals surface area contributed by atoms with E-state index >= 15 is 0 Å². The van der Waals surface area contributed by atoms with Crippen molar-refractivity contribution >= 4 is 27.3 Å². The fraction of sp³-hybridized carbons (Fsp3) is 0.583. The number of unbranched alkanes of at least 4 members (excludes halogenated alkanes) is 2. The molecule has 0 amide bonds. The number of thiophene rings is 1. The molecule has 7 heteroatoms. The summed E-state index contributed by atoms with van der Waals surface area (Å²) in [6, 6.07) is 1.13. The molecule has 0 aromatic carbocycles. The van der Waals surface area contributed by atoms with Gasteiger partial charge in [-0.15, -0.1) is 11.3 Å². The molecule has 5 nitrogen and oxygen atoms in total. The van der Waals surface area contributed by atoms with Crippen LogP contribution < -0.4 is 4.72 Å². The number of carboxylic acids is 1. The minimum Gasteiger partial charge on any atom is -0.477 e. The zero-order valence-electron chi connectivity index (χ0n) is 11.0. The molecule has 1 heterocycles. The molecule has 1 aromatic heterocycles. The summed E-state index contributed by atoms with van der Waals surface area (Å²) in [5.74, 6) is -1.21. The van der Waals surface area contributed by atoms with Crippen molar-refractivity contribution in [2.24, 2.45) is 0 Å². The summed E-state index contributed by atoms with van der Waals surface area (Å²) in [6.07, 6.45) is 3.84. The largest absolute Gasteiger partial charge is 0.477 e. The Hall–Kier alpha value is -0.920. The molecule has 0 saturated carbocycles. The second-order valence-electron chi connectivity index (χ2n) is 4.44. The Morgan fingerprint density at radius 3 is 2.74 bits per heavy atom. The lowest BCUT2D eigenvalue weighted by Crippen LogP contribution is -2.33. The minimum absolute atomic E-state index is 0.145. The number of hydrogen-bond donors (Lipinski definition) is 2. The normalized spacial score (nSPS) is 13.4. The Kier molecular flexibility index (Phi) is 5.96. The molecule has 1 atom stereocenters. The maximum absolute atomic E-state index is 12.1. The summed E-state index contributed by atoms with van der Waals surface area (Å²) >= 11 is 0.914. The molecule has 0 aliphatic carbocycles. The number of carbonyl (C=O) groups is 1. The van der Waals surface area contributed by atoms with E-state index in [1.165, 1.54) is 11.4 Å². The lowest BCUT2D eigenvalue weighted by molar-refractivity contribution is 0.0698. The smallest absolute Gasteiger partial charge is 0.347 e. The van der Waals surface area contributed by atoms with E-state index in [1.54, 1.807) is 6.92 Å². The molecule has 0 radical (unpaired) electrons. The lowest BCUT2D eigenvalue weighted by atomic mass is 10.1. The Morgan fingerprint density at radius 2 is 2.16 bits per heavy atom. The van der Waals surface area contributed by atoms with Gasteiger partial charge in [0.2, 0.25) is 10.0 Å². The first-order valence-electron chi connectivity index (χ1n) is 6.21. The molecule has 1 rings (SSSR count). The van der Waals surface area contributed by atoms with E-state index in [-0.39, 0.29) is 15.8 Å². The summed E-state index contributed by atoms with van der Waals surface area (Å²) in [5, 5.41) is 10.4. The number of sulfonamides is 1. The van der Waals surface area contributed by atoms with Gasteiger partial charge in [0.05, 0.1) is 0 Å². The van der Waals surface area contributed by atoms with Gasteiger partial charge in [-0.25, -0.2) is 17.9 Å². The highest BCUT2D eigenvalue weighted by molar-refractivity contribution is 7.89. The number of rotatable bonds is 8. The van der Waals surface area contributed by atoms with Gasteiger partial charge in [-0.3, -0.25) is 0 Å². The van der Waals surface area contributed by atoms with Crippen LogP contribution in [0.2, 0.25) is 0 Å². The molecule has 0 saturated heterocycles. The molecule has 0 fully saturated rings. The SMILES string of the molecule is CCCCCC(C)NS(=O)(=O)c1ccsc1C(=O)O. The van der Waals surface area contributed by atoms with E-state index in [1.807, 2.05) is 0 Å². The summed E-state index contributed by atoms with van der Waals surface area (Å²) in [4.78, 5) is 10.7. The average molecular weight is 305 g/mol. The lowest BCUT2D eigenvalue weighted by Gasteiger charge is -2.13. The van der Waals surface area contributed by atoms with Crippen molar-refractivity contribution in [3.8, 4) is 0 Å². The first-order chi connectivity index (χ1) is 8.88. The summed E-state index contributed by atoms with van der Waals surface area (Å²) in [7, 11) is -3.75. The van der Waals surface area contributed by atoms with Crippen LogP contribution in [0.25, 0.3) is 0 Å². The third-order valence-electron chi connectivity index (χ3n) is 2.71. The minimum atomic E-state index is -3.75. The Morgan fingerprint density at radius 1 is 1.47 bits per heavy atom. The van der Waals surface area contributed by atoms with Gasteiger partial charge in [0.15, 0.2) is 0 Å². The van der Waals surface area contributed by atoms with Crippen molar-refractivity contribution in [2.45, 2.75) is 50.5 Å². The van der Waals surface area contributed by atoms with Crippen LogP contribution in [0.3, 0.4) is 0 Å². The van der Waals surface area contributed by atoms with Crippen LogP contribution in [0.4, 0.5) is 0 Å². The molecule has 2 N–H and O–H groups in total. The number of carboxylic acid groups (broad SMARTS) is 1. The zero-order chi connectivity index (χ0) is 14.5. The van der Waals surface area contributed by atoms with E-state index < -0.39 is 16.0 Å². The molecule has 0 aliphatic rings. The van der Waals surface area contributed by atoms with Crippen LogP contribution in [-0.4, -0.2) is 25.5 Å². The molecule has 0 aliphatic heterocycles. The maximum atomic E-state index is 12.1. The standard InChI is InChI=1S/C12H19NO4S2/c1-3-4-5-6-9(2)13-19(16,17)10-7-8-18-11(10)12(14)15/h7-9,13H,3-6H2,1-2H3,(H,14,15). The monoisotopic (exact) mass is 305 g/mol. The van der Waals surface area contributed by atoms with Gasteiger partial charge in [0.25, 0.3) is 0 Å². The maximum Gasteiger partial charge on any atom is 0.347 e. The second-order valence-corrected chi connectivity index (χ2v) is 7.04. The van der Waals surface area contributed by atoms with Gasteiger partial charge in [-0.05, 0) is 24.8 Å². The predicted octanol–water partition coefficient (Wildman–Crippen LogP) is 2.69. The first-order valence-corrected chi connectivity index (χ1v) is 8.58. The summed E-state index contributed by atoms with van der Waals surface area (Å²) < 4.78 is 26.7. The first kappa shape index (κ1) is 16.1. The molecule has 1 aromatic rings. The van der Waals surface area contributed by atoms with E-state index in [0.29, 0.717) is 0 Å². The van der Waals surface area contributed by atoms with Gasteiger partial charge in [0.1, 0.15) is 9.77 Å². The molecule has 108 valence electrons.